The molecule has 1 fully saturated rings. The number of esters is 1. The normalized spacial score (nSPS) is 14.5. The van der Waals surface area contributed by atoms with Crippen molar-refractivity contribution < 1.29 is 23.9 Å². The molecule has 1 aromatic carbocycles. The van der Waals surface area contributed by atoms with E-state index in [9.17, 15) is 19.2 Å². The highest BCUT2D eigenvalue weighted by molar-refractivity contribution is 6.35. The van der Waals surface area contributed by atoms with Crippen LogP contribution in [0.3, 0.4) is 0 Å². The highest BCUT2D eigenvalue weighted by Crippen LogP contribution is 2.17. The first-order chi connectivity index (χ1) is 14.4. The van der Waals surface area contributed by atoms with Gasteiger partial charge >= 0.3 is 17.8 Å². The molecule has 1 saturated carbocycles. The molecule has 3 N–H and O–H groups in total. The lowest BCUT2D eigenvalue weighted by Gasteiger charge is -2.22. The van der Waals surface area contributed by atoms with Crippen LogP contribution in [0, 0.1) is 0 Å². The number of carbonyl (C=O) groups is 4. The molecule has 162 valence electrons. The number of carbonyl (C=O) groups excluding carboxylic acids is 4. The fourth-order valence-corrected chi connectivity index (χ4v) is 3.08. The average Bonchev–Trinajstić information content (AvgIpc) is 2.73. The van der Waals surface area contributed by atoms with Crippen molar-refractivity contribution in [2.24, 2.45) is 5.10 Å². The van der Waals surface area contributed by atoms with Crippen molar-refractivity contribution in [3.05, 3.63) is 29.8 Å². The number of nitrogens with one attached hydrogen (secondary N) is 3. The van der Waals surface area contributed by atoms with Gasteiger partial charge in [0.05, 0.1) is 18.6 Å². The Labute approximate surface area is 175 Å². The Bertz CT molecular complexity index is 798. The van der Waals surface area contributed by atoms with Crippen LogP contribution in [0.25, 0.3) is 0 Å². The number of rotatable bonds is 7. The maximum Gasteiger partial charge on any atom is 0.338 e. The van der Waals surface area contributed by atoms with Gasteiger partial charge in [-0.15, -0.1) is 0 Å². The zero-order valence-corrected chi connectivity index (χ0v) is 17.3. The molecule has 2 rings (SSSR count). The minimum absolute atomic E-state index is 0.0306. The van der Waals surface area contributed by atoms with E-state index in [4.69, 9.17) is 4.74 Å². The first-order valence-electron chi connectivity index (χ1n) is 10.1. The Morgan fingerprint density at radius 3 is 2.33 bits per heavy atom. The van der Waals surface area contributed by atoms with Crippen LogP contribution in [0.1, 0.15) is 62.7 Å². The van der Waals surface area contributed by atoms with Crippen molar-refractivity contribution in [2.45, 2.75) is 58.4 Å². The second-order valence-electron chi connectivity index (χ2n) is 7.12. The Balaban J connectivity index is 1.77. The van der Waals surface area contributed by atoms with Crippen LogP contribution in [0.5, 0.6) is 0 Å². The molecule has 0 aromatic heterocycles. The predicted octanol–water partition coefficient (Wildman–Crippen LogP) is 2.13. The van der Waals surface area contributed by atoms with E-state index < -0.39 is 17.8 Å². The molecule has 3 amide bonds. The van der Waals surface area contributed by atoms with Gasteiger partial charge in [0, 0.05) is 17.4 Å². The molecular formula is C21H28N4O5. The van der Waals surface area contributed by atoms with E-state index in [1.807, 2.05) is 0 Å². The largest absolute Gasteiger partial charge is 0.462 e. The molecule has 1 aliphatic rings. The Kier molecular flexibility index (Phi) is 8.99. The number of hydrogen-bond donors (Lipinski definition) is 3. The maximum absolute atomic E-state index is 12.1. The molecule has 0 aliphatic heterocycles. The summed E-state index contributed by atoms with van der Waals surface area (Å²) in [5, 5.41) is 9.19. The number of anilines is 1. The lowest BCUT2D eigenvalue weighted by atomic mass is 9.95. The Morgan fingerprint density at radius 1 is 1.03 bits per heavy atom. The molecule has 1 aromatic rings. The molecule has 0 bridgehead atoms. The van der Waals surface area contributed by atoms with Crippen LogP contribution >= 0.6 is 0 Å². The van der Waals surface area contributed by atoms with E-state index in [0.717, 1.165) is 32.1 Å². The van der Waals surface area contributed by atoms with Crippen molar-refractivity contribution >= 4 is 35.1 Å². The second-order valence-corrected chi connectivity index (χ2v) is 7.12. The van der Waals surface area contributed by atoms with Crippen LogP contribution in [-0.4, -0.2) is 42.1 Å². The molecule has 0 unspecified atom stereocenters. The maximum atomic E-state index is 12.1. The zero-order chi connectivity index (χ0) is 21.9. The lowest BCUT2D eigenvalue weighted by Crippen LogP contribution is -2.44. The van der Waals surface area contributed by atoms with E-state index in [1.54, 1.807) is 38.1 Å². The highest BCUT2D eigenvalue weighted by atomic mass is 16.5. The van der Waals surface area contributed by atoms with Gasteiger partial charge in [-0.25, -0.2) is 10.2 Å². The van der Waals surface area contributed by atoms with Gasteiger partial charge in [-0.3, -0.25) is 14.4 Å². The summed E-state index contributed by atoms with van der Waals surface area (Å²) in [5.74, 6) is -2.35. The zero-order valence-electron chi connectivity index (χ0n) is 17.3. The number of hydrogen-bond acceptors (Lipinski definition) is 6. The summed E-state index contributed by atoms with van der Waals surface area (Å²) in [7, 11) is 0. The fourth-order valence-electron chi connectivity index (χ4n) is 3.08. The van der Waals surface area contributed by atoms with E-state index in [1.165, 1.54) is 0 Å². The third-order valence-corrected chi connectivity index (χ3v) is 4.59. The van der Waals surface area contributed by atoms with Crippen LogP contribution in [0.2, 0.25) is 0 Å². The van der Waals surface area contributed by atoms with Crippen LogP contribution in [0.15, 0.2) is 29.4 Å². The van der Waals surface area contributed by atoms with Crippen molar-refractivity contribution in [1.29, 1.82) is 0 Å². The molecular weight excluding hydrogens is 388 g/mol. The van der Waals surface area contributed by atoms with E-state index >= 15 is 0 Å². The van der Waals surface area contributed by atoms with Gasteiger partial charge in [0.25, 0.3) is 0 Å². The highest BCUT2D eigenvalue weighted by Gasteiger charge is 2.20. The summed E-state index contributed by atoms with van der Waals surface area (Å²) < 4.78 is 4.90. The number of benzene rings is 1. The fraction of sp³-hybridized carbons (Fsp3) is 0.476. The summed E-state index contributed by atoms with van der Waals surface area (Å²) >= 11 is 0. The topological polar surface area (TPSA) is 126 Å². The molecule has 0 atom stereocenters. The predicted molar refractivity (Wildman–Crippen MR) is 112 cm³/mol. The van der Waals surface area contributed by atoms with Gasteiger partial charge in [-0.1, -0.05) is 19.3 Å². The van der Waals surface area contributed by atoms with Gasteiger partial charge in [0.2, 0.25) is 5.91 Å². The number of nitrogens with zero attached hydrogens (tertiary/aromatic N) is 1. The first-order valence-corrected chi connectivity index (χ1v) is 10.1. The quantitative estimate of drug-likeness (QED) is 0.272. The SMILES string of the molecule is CCOC(=O)c1ccc(NC(=O)C/C(C)=N/NC(=O)C(=O)NC2CCCCC2)cc1. The molecule has 0 saturated heterocycles. The summed E-state index contributed by atoms with van der Waals surface area (Å²) in [5.41, 5.74) is 3.42. The Hall–Kier alpha value is -3.23. The number of hydrazone groups is 1. The summed E-state index contributed by atoms with van der Waals surface area (Å²) in [6.45, 7) is 3.58. The van der Waals surface area contributed by atoms with Gasteiger partial charge < -0.3 is 15.4 Å². The third-order valence-electron chi connectivity index (χ3n) is 4.59. The van der Waals surface area contributed by atoms with Crippen molar-refractivity contribution in [3.63, 3.8) is 0 Å². The van der Waals surface area contributed by atoms with Crippen LogP contribution in [0.4, 0.5) is 5.69 Å². The number of ether oxygens (including phenoxy) is 1. The van der Waals surface area contributed by atoms with Gasteiger partial charge in [0.15, 0.2) is 0 Å². The minimum Gasteiger partial charge on any atom is -0.462 e. The van der Waals surface area contributed by atoms with Gasteiger partial charge in [-0.05, 0) is 51.0 Å². The molecule has 0 heterocycles. The van der Waals surface area contributed by atoms with Gasteiger partial charge in [-0.2, -0.15) is 5.10 Å². The Morgan fingerprint density at radius 2 is 1.70 bits per heavy atom. The molecule has 9 heteroatoms. The van der Waals surface area contributed by atoms with Crippen molar-refractivity contribution in [3.8, 4) is 0 Å². The average molecular weight is 416 g/mol. The monoisotopic (exact) mass is 416 g/mol. The molecule has 1 aliphatic carbocycles. The standard InChI is InChI=1S/C21H28N4O5/c1-3-30-21(29)15-9-11-17(12-10-15)22-18(26)13-14(2)24-25-20(28)19(27)23-16-7-5-4-6-8-16/h9-12,16H,3-8,13H2,1-2H3,(H,22,26)(H,23,27)(H,25,28)/b24-14+. The summed E-state index contributed by atoms with van der Waals surface area (Å²) in [4.78, 5) is 47.5. The van der Waals surface area contributed by atoms with Gasteiger partial charge in [0.1, 0.15) is 0 Å². The summed E-state index contributed by atoms with van der Waals surface area (Å²) in [6, 6.07) is 6.32. The molecule has 30 heavy (non-hydrogen) atoms. The number of amides is 3. The molecule has 9 nitrogen and oxygen atoms in total. The van der Waals surface area contributed by atoms with Crippen LogP contribution < -0.4 is 16.1 Å². The lowest BCUT2D eigenvalue weighted by molar-refractivity contribution is -0.139. The smallest absolute Gasteiger partial charge is 0.338 e. The van der Waals surface area contributed by atoms with Crippen molar-refractivity contribution in [1.82, 2.24) is 10.7 Å². The van der Waals surface area contributed by atoms with E-state index in [-0.39, 0.29) is 25.0 Å². The second kappa shape index (κ2) is 11.7. The van der Waals surface area contributed by atoms with E-state index in [2.05, 4.69) is 21.2 Å². The summed E-state index contributed by atoms with van der Waals surface area (Å²) in [6.07, 6.45) is 4.93. The molecule has 0 radical (unpaired) electrons. The van der Waals surface area contributed by atoms with E-state index in [0.29, 0.717) is 17.0 Å². The van der Waals surface area contributed by atoms with Crippen LogP contribution in [-0.2, 0) is 19.1 Å². The third kappa shape index (κ3) is 7.65. The minimum atomic E-state index is -0.852. The molecule has 0 spiro atoms. The first kappa shape index (κ1) is 23.1. The van der Waals surface area contributed by atoms with Crippen molar-refractivity contribution in [2.75, 3.05) is 11.9 Å².